The molecule has 4 rings (SSSR count). The number of fused-ring (bicyclic) bond motifs is 2. The molecule has 2 aromatic rings. The highest BCUT2D eigenvalue weighted by molar-refractivity contribution is 7.92. The molecule has 2 aromatic carbocycles. The lowest BCUT2D eigenvalue weighted by Gasteiger charge is -2.37. The van der Waals surface area contributed by atoms with E-state index < -0.39 is 10.0 Å². The third-order valence-electron chi connectivity index (χ3n) is 6.80. The maximum Gasteiger partial charge on any atom is 0.232 e. The minimum absolute atomic E-state index is 0.0175. The predicted octanol–water partition coefficient (Wildman–Crippen LogP) is 2.61. The van der Waals surface area contributed by atoms with Crippen molar-refractivity contribution in [2.75, 3.05) is 23.7 Å². The number of nitrogens with one attached hydrogen (secondary N) is 1. The highest BCUT2D eigenvalue weighted by atomic mass is 32.2. The van der Waals surface area contributed by atoms with Gasteiger partial charge in [0.2, 0.25) is 15.9 Å². The molecular formula is C24H30N2O4S. The van der Waals surface area contributed by atoms with Crippen LogP contribution in [0, 0.1) is 5.92 Å². The van der Waals surface area contributed by atoms with Gasteiger partial charge in [-0.2, -0.15) is 0 Å². The Balaban J connectivity index is 1.42. The van der Waals surface area contributed by atoms with Crippen LogP contribution in [-0.2, 0) is 26.7 Å². The molecule has 166 valence electrons. The molecule has 1 heterocycles. The van der Waals surface area contributed by atoms with Gasteiger partial charge in [-0.15, -0.1) is 0 Å². The number of aliphatic hydroxyl groups is 1. The fraction of sp³-hybridized carbons (Fsp3) is 0.458. The normalized spacial score (nSPS) is 24.1. The summed E-state index contributed by atoms with van der Waals surface area (Å²) >= 11 is 0. The lowest BCUT2D eigenvalue weighted by Crippen LogP contribution is -2.45. The molecule has 2 N–H and O–H groups in total. The number of aliphatic hydroxyl groups excluding tert-OH is 1. The highest BCUT2D eigenvalue weighted by Gasteiger charge is 2.47. The maximum absolute atomic E-state index is 12.9. The van der Waals surface area contributed by atoms with Crippen molar-refractivity contribution in [1.82, 2.24) is 5.32 Å². The summed E-state index contributed by atoms with van der Waals surface area (Å²) in [6.45, 7) is 0.348. The van der Waals surface area contributed by atoms with Crippen molar-refractivity contribution >= 4 is 21.6 Å². The zero-order valence-corrected chi connectivity index (χ0v) is 18.6. The first-order valence-electron chi connectivity index (χ1n) is 10.8. The summed E-state index contributed by atoms with van der Waals surface area (Å²) < 4.78 is 26.2. The molecule has 1 fully saturated rings. The Morgan fingerprint density at radius 1 is 1.13 bits per heavy atom. The molecule has 1 unspecified atom stereocenters. The molecule has 1 atom stereocenters. The number of nitrogens with zero attached hydrogens (tertiary/aromatic N) is 1. The van der Waals surface area contributed by atoms with Gasteiger partial charge in [0, 0.05) is 17.9 Å². The number of amides is 1. The van der Waals surface area contributed by atoms with Crippen molar-refractivity contribution in [2.45, 2.75) is 43.6 Å². The van der Waals surface area contributed by atoms with Gasteiger partial charge in [-0.25, -0.2) is 8.42 Å². The Morgan fingerprint density at radius 2 is 1.77 bits per heavy atom. The summed E-state index contributed by atoms with van der Waals surface area (Å²) in [5, 5.41) is 12.8. The van der Waals surface area contributed by atoms with Gasteiger partial charge in [0.15, 0.2) is 0 Å². The van der Waals surface area contributed by atoms with Crippen LogP contribution in [0.1, 0.15) is 36.8 Å². The fourth-order valence-corrected chi connectivity index (χ4v) is 6.12. The smallest absolute Gasteiger partial charge is 0.232 e. The lowest BCUT2D eigenvalue weighted by atomic mass is 9.67. The van der Waals surface area contributed by atoms with Crippen LogP contribution in [0.3, 0.4) is 0 Å². The van der Waals surface area contributed by atoms with Gasteiger partial charge in [0.05, 0.1) is 24.6 Å². The number of rotatable bonds is 6. The van der Waals surface area contributed by atoms with Crippen molar-refractivity contribution in [1.29, 1.82) is 0 Å². The molecule has 1 aliphatic carbocycles. The van der Waals surface area contributed by atoms with Gasteiger partial charge in [-0.1, -0.05) is 48.5 Å². The second kappa shape index (κ2) is 8.63. The second-order valence-electron chi connectivity index (χ2n) is 8.92. The first kappa shape index (κ1) is 21.8. The maximum atomic E-state index is 12.9. The van der Waals surface area contributed by atoms with E-state index in [-0.39, 0.29) is 29.9 Å². The molecule has 0 radical (unpaired) electrons. The predicted molar refractivity (Wildman–Crippen MR) is 121 cm³/mol. The van der Waals surface area contributed by atoms with E-state index in [2.05, 4.69) is 5.32 Å². The Labute approximate surface area is 184 Å². The minimum atomic E-state index is -3.34. The zero-order chi connectivity index (χ0) is 22.1. The quantitative estimate of drug-likeness (QED) is 0.720. The Hall–Kier alpha value is -2.38. The van der Waals surface area contributed by atoms with E-state index in [0.717, 1.165) is 29.7 Å². The van der Waals surface area contributed by atoms with Crippen LogP contribution < -0.4 is 9.62 Å². The Kier molecular flexibility index (Phi) is 6.08. The number of sulfonamides is 1. The van der Waals surface area contributed by atoms with Crippen LogP contribution in [0.25, 0.3) is 0 Å². The van der Waals surface area contributed by atoms with E-state index >= 15 is 0 Å². The molecule has 0 bridgehead atoms. The van der Waals surface area contributed by atoms with Gasteiger partial charge >= 0.3 is 0 Å². The zero-order valence-electron chi connectivity index (χ0n) is 17.8. The van der Waals surface area contributed by atoms with E-state index in [4.69, 9.17) is 0 Å². The average Bonchev–Trinajstić information content (AvgIpc) is 3.09. The molecule has 0 aromatic heterocycles. The summed E-state index contributed by atoms with van der Waals surface area (Å²) in [5.74, 6) is -0.133. The van der Waals surface area contributed by atoms with Crippen molar-refractivity contribution < 1.29 is 18.3 Å². The summed E-state index contributed by atoms with van der Waals surface area (Å²) in [6.07, 6.45) is 4.82. The average molecular weight is 443 g/mol. The van der Waals surface area contributed by atoms with E-state index in [1.807, 2.05) is 54.6 Å². The number of anilines is 1. The molecule has 6 nitrogen and oxygen atoms in total. The number of para-hydroxylation sites is 1. The third kappa shape index (κ3) is 4.48. The van der Waals surface area contributed by atoms with E-state index in [0.29, 0.717) is 25.8 Å². The van der Waals surface area contributed by atoms with Crippen molar-refractivity contribution in [3.05, 3.63) is 65.7 Å². The fourth-order valence-electron chi connectivity index (χ4n) is 5.12. The molecule has 31 heavy (non-hydrogen) atoms. The standard InChI is InChI=1S/C24H30N2O4S/c1-31(29,30)26-17-24(21-9-5-6-10-22(21)26)13-11-19(12-14-24)23(28)25-20(16-27)15-18-7-3-2-4-8-18/h2-10,19-20,27H,11-17H2,1H3,(H,25,28)/t19-,20?,24-. The van der Waals surface area contributed by atoms with Crippen LogP contribution in [0.15, 0.2) is 54.6 Å². The van der Waals surface area contributed by atoms with Gasteiger partial charge in [-0.05, 0) is 49.3 Å². The molecule has 1 aliphatic heterocycles. The van der Waals surface area contributed by atoms with E-state index in [1.54, 1.807) is 0 Å². The first-order chi connectivity index (χ1) is 14.8. The second-order valence-corrected chi connectivity index (χ2v) is 10.8. The number of carbonyl (C=O) groups is 1. The summed E-state index contributed by atoms with van der Waals surface area (Å²) in [5.41, 5.74) is 2.71. The molecule has 1 amide bonds. The van der Waals surface area contributed by atoms with Crippen molar-refractivity contribution in [3.8, 4) is 0 Å². The molecule has 2 aliphatic rings. The van der Waals surface area contributed by atoms with Crippen molar-refractivity contribution in [3.63, 3.8) is 0 Å². The monoisotopic (exact) mass is 442 g/mol. The molecule has 0 saturated heterocycles. The topological polar surface area (TPSA) is 86.7 Å². The van der Waals surface area contributed by atoms with Crippen LogP contribution in [0.5, 0.6) is 0 Å². The first-order valence-corrected chi connectivity index (χ1v) is 12.7. The van der Waals surface area contributed by atoms with Crippen LogP contribution in [-0.4, -0.2) is 44.9 Å². The highest BCUT2D eigenvalue weighted by Crippen LogP contribution is 2.50. The number of benzene rings is 2. The summed E-state index contributed by atoms with van der Waals surface area (Å²) in [7, 11) is -3.34. The SMILES string of the molecule is CS(=O)(=O)N1C[C@]2(CC[C@@H](C(=O)NC(CO)Cc3ccccc3)CC2)c2ccccc21. The molecular weight excluding hydrogens is 412 g/mol. The van der Waals surface area contributed by atoms with Gasteiger partial charge in [-0.3, -0.25) is 9.10 Å². The van der Waals surface area contributed by atoms with Crippen LogP contribution >= 0.6 is 0 Å². The van der Waals surface area contributed by atoms with E-state index in [9.17, 15) is 18.3 Å². The molecule has 7 heteroatoms. The van der Waals surface area contributed by atoms with Crippen LogP contribution in [0.4, 0.5) is 5.69 Å². The molecule has 1 spiro atoms. The third-order valence-corrected chi connectivity index (χ3v) is 7.92. The Morgan fingerprint density at radius 3 is 2.42 bits per heavy atom. The minimum Gasteiger partial charge on any atom is -0.394 e. The lowest BCUT2D eigenvalue weighted by molar-refractivity contribution is -0.127. The summed E-state index contributed by atoms with van der Waals surface area (Å²) in [4.78, 5) is 12.9. The van der Waals surface area contributed by atoms with Crippen molar-refractivity contribution in [2.24, 2.45) is 5.92 Å². The van der Waals surface area contributed by atoms with E-state index in [1.165, 1.54) is 10.6 Å². The number of carbonyl (C=O) groups excluding carboxylic acids is 1. The largest absolute Gasteiger partial charge is 0.394 e. The molecule has 1 saturated carbocycles. The number of hydrogen-bond acceptors (Lipinski definition) is 4. The van der Waals surface area contributed by atoms with Gasteiger partial charge in [0.25, 0.3) is 0 Å². The Bertz CT molecular complexity index is 1030. The van der Waals surface area contributed by atoms with Crippen LogP contribution in [0.2, 0.25) is 0 Å². The van der Waals surface area contributed by atoms with Gasteiger partial charge < -0.3 is 10.4 Å². The summed E-state index contributed by atoms with van der Waals surface area (Å²) in [6, 6.07) is 17.3. The number of hydrogen-bond donors (Lipinski definition) is 2. The van der Waals surface area contributed by atoms with Gasteiger partial charge in [0.1, 0.15) is 0 Å².